The number of nitrogens with zero attached hydrogens (tertiary/aromatic N) is 3. The van der Waals surface area contributed by atoms with E-state index >= 15 is 0 Å². The Morgan fingerprint density at radius 2 is 1.77 bits per heavy atom. The second-order valence-corrected chi connectivity index (χ2v) is 9.87. The molecule has 0 saturated carbocycles. The molecule has 8 heteroatoms. The van der Waals surface area contributed by atoms with Crippen molar-refractivity contribution in [1.82, 2.24) is 10.2 Å². The standard InChI is InChI=1S/C23H31FN4O2S/c1-25-23(26-14-17-31(29,30)22-9-5-4-8-21(22)24)27(2)18-19-10-12-20(13-11-19)28-15-6-3-7-16-28/h4-5,8-13H,3,6-7,14-18H2,1-2H3,(H,25,26). The van der Waals surface area contributed by atoms with Gasteiger partial charge in [-0.25, -0.2) is 12.8 Å². The number of rotatable bonds is 7. The van der Waals surface area contributed by atoms with Crippen LogP contribution in [0.4, 0.5) is 10.1 Å². The lowest BCUT2D eigenvalue weighted by Crippen LogP contribution is -2.40. The number of benzene rings is 2. The van der Waals surface area contributed by atoms with Crippen molar-refractivity contribution in [3.8, 4) is 0 Å². The number of anilines is 1. The van der Waals surface area contributed by atoms with E-state index in [2.05, 4.69) is 39.5 Å². The predicted molar refractivity (Wildman–Crippen MR) is 124 cm³/mol. The molecule has 0 aromatic heterocycles. The maximum absolute atomic E-state index is 13.8. The van der Waals surface area contributed by atoms with Gasteiger partial charge in [0.2, 0.25) is 0 Å². The van der Waals surface area contributed by atoms with Gasteiger partial charge in [0.1, 0.15) is 10.7 Å². The second-order valence-electron chi connectivity index (χ2n) is 7.79. The molecule has 0 amide bonds. The molecule has 0 spiro atoms. The van der Waals surface area contributed by atoms with Crippen molar-refractivity contribution in [3.05, 3.63) is 59.9 Å². The maximum Gasteiger partial charge on any atom is 0.193 e. The molecule has 1 aliphatic rings. The van der Waals surface area contributed by atoms with Crippen LogP contribution in [0, 0.1) is 5.82 Å². The smallest absolute Gasteiger partial charge is 0.193 e. The van der Waals surface area contributed by atoms with Crippen LogP contribution < -0.4 is 10.2 Å². The SMILES string of the molecule is CN=C(NCCS(=O)(=O)c1ccccc1F)N(C)Cc1ccc(N2CCCCC2)cc1. The number of hydrogen-bond donors (Lipinski definition) is 1. The average Bonchev–Trinajstić information content (AvgIpc) is 2.78. The van der Waals surface area contributed by atoms with Gasteiger partial charge < -0.3 is 15.1 Å². The van der Waals surface area contributed by atoms with Crippen molar-refractivity contribution >= 4 is 21.5 Å². The fraction of sp³-hybridized carbons (Fsp3) is 0.435. The molecule has 168 valence electrons. The first-order chi connectivity index (χ1) is 14.9. The minimum atomic E-state index is -3.71. The topological polar surface area (TPSA) is 65.0 Å². The maximum atomic E-state index is 13.8. The lowest BCUT2D eigenvalue weighted by molar-refractivity contribution is 0.478. The van der Waals surface area contributed by atoms with E-state index < -0.39 is 15.7 Å². The fourth-order valence-corrected chi connectivity index (χ4v) is 5.04. The van der Waals surface area contributed by atoms with Gasteiger partial charge in [0.25, 0.3) is 0 Å². The van der Waals surface area contributed by atoms with Crippen LogP contribution in [0.1, 0.15) is 24.8 Å². The first-order valence-corrected chi connectivity index (χ1v) is 12.3. The molecule has 0 aliphatic carbocycles. The van der Waals surface area contributed by atoms with Gasteiger partial charge in [0.15, 0.2) is 15.8 Å². The summed E-state index contributed by atoms with van der Waals surface area (Å²) in [7, 11) is -0.152. The van der Waals surface area contributed by atoms with Gasteiger partial charge in [-0.15, -0.1) is 0 Å². The second kappa shape index (κ2) is 10.6. The van der Waals surface area contributed by atoms with Gasteiger partial charge in [-0.05, 0) is 49.1 Å². The molecule has 1 aliphatic heterocycles. The lowest BCUT2D eigenvalue weighted by atomic mass is 10.1. The minimum absolute atomic E-state index is 0.140. The number of nitrogens with one attached hydrogen (secondary N) is 1. The molecule has 1 N–H and O–H groups in total. The van der Waals surface area contributed by atoms with Gasteiger partial charge >= 0.3 is 0 Å². The van der Waals surface area contributed by atoms with Crippen LogP contribution >= 0.6 is 0 Å². The molecule has 2 aromatic carbocycles. The van der Waals surface area contributed by atoms with Gasteiger partial charge in [-0.3, -0.25) is 4.99 Å². The molecule has 2 aromatic rings. The number of hydrogen-bond acceptors (Lipinski definition) is 4. The van der Waals surface area contributed by atoms with Gasteiger partial charge in [-0.2, -0.15) is 0 Å². The Labute approximate surface area is 184 Å². The first-order valence-electron chi connectivity index (χ1n) is 10.6. The monoisotopic (exact) mass is 446 g/mol. The molecule has 1 fully saturated rings. The summed E-state index contributed by atoms with van der Waals surface area (Å²) in [4.78, 5) is 8.33. The lowest BCUT2D eigenvalue weighted by Gasteiger charge is -2.29. The molecule has 0 unspecified atom stereocenters. The van der Waals surface area contributed by atoms with Crippen LogP contribution in [0.3, 0.4) is 0 Å². The van der Waals surface area contributed by atoms with Crippen molar-refractivity contribution < 1.29 is 12.8 Å². The Balaban J connectivity index is 1.53. The quantitative estimate of drug-likeness (QED) is 0.522. The first kappa shape index (κ1) is 23.1. The van der Waals surface area contributed by atoms with Gasteiger partial charge in [-0.1, -0.05) is 24.3 Å². The number of halogens is 1. The summed E-state index contributed by atoms with van der Waals surface area (Å²) >= 11 is 0. The zero-order valence-electron chi connectivity index (χ0n) is 18.2. The van der Waals surface area contributed by atoms with E-state index in [9.17, 15) is 12.8 Å². The highest BCUT2D eigenvalue weighted by atomic mass is 32.2. The van der Waals surface area contributed by atoms with Crippen LogP contribution in [0.25, 0.3) is 0 Å². The summed E-state index contributed by atoms with van der Waals surface area (Å²) in [6, 6.07) is 14.0. The molecule has 1 heterocycles. The Kier molecular flexibility index (Phi) is 7.90. The predicted octanol–water partition coefficient (Wildman–Crippen LogP) is 3.30. The molecule has 0 bridgehead atoms. The van der Waals surface area contributed by atoms with E-state index in [-0.39, 0.29) is 17.2 Å². The van der Waals surface area contributed by atoms with E-state index in [0.717, 1.165) is 24.7 Å². The Morgan fingerprint density at radius 3 is 2.42 bits per heavy atom. The van der Waals surface area contributed by atoms with Crippen LogP contribution in [-0.2, 0) is 16.4 Å². The molecule has 6 nitrogen and oxygen atoms in total. The Hall–Kier alpha value is -2.61. The van der Waals surface area contributed by atoms with Crippen LogP contribution in [0.15, 0.2) is 58.4 Å². The Morgan fingerprint density at radius 1 is 1.10 bits per heavy atom. The summed E-state index contributed by atoms with van der Waals surface area (Å²) in [5, 5.41) is 3.06. The normalized spacial score (nSPS) is 15.1. The summed E-state index contributed by atoms with van der Waals surface area (Å²) in [5.41, 5.74) is 2.40. The fourth-order valence-electron chi connectivity index (χ4n) is 3.80. The third-order valence-electron chi connectivity index (χ3n) is 5.48. The molecule has 1 saturated heterocycles. The van der Waals surface area contributed by atoms with Crippen LogP contribution in [-0.4, -0.2) is 58.8 Å². The summed E-state index contributed by atoms with van der Waals surface area (Å²) in [6.07, 6.45) is 3.81. The Bertz CT molecular complexity index is 987. The van der Waals surface area contributed by atoms with Crippen molar-refractivity contribution in [2.24, 2.45) is 4.99 Å². The average molecular weight is 447 g/mol. The molecule has 3 rings (SSSR count). The molecular weight excluding hydrogens is 415 g/mol. The van der Waals surface area contributed by atoms with E-state index in [1.54, 1.807) is 7.05 Å². The van der Waals surface area contributed by atoms with E-state index in [1.807, 2.05) is 11.9 Å². The van der Waals surface area contributed by atoms with E-state index in [4.69, 9.17) is 0 Å². The van der Waals surface area contributed by atoms with Crippen molar-refractivity contribution in [2.45, 2.75) is 30.7 Å². The molecule has 0 radical (unpaired) electrons. The minimum Gasteiger partial charge on any atom is -0.372 e. The molecular formula is C23H31FN4O2S. The summed E-state index contributed by atoms with van der Waals surface area (Å²) in [6.45, 7) is 3.01. The molecule has 31 heavy (non-hydrogen) atoms. The highest BCUT2D eigenvalue weighted by molar-refractivity contribution is 7.91. The zero-order chi connectivity index (χ0) is 22.3. The number of guanidine groups is 1. The van der Waals surface area contributed by atoms with Crippen LogP contribution in [0.5, 0.6) is 0 Å². The highest BCUT2D eigenvalue weighted by Crippen LogP contribution is 2.20. The zero-order valence-corrected chi connectivity index (χ0v) is 19.0. The van der Waals surface area contributed by atoms with Gasteiger partial charge in [0.05, 0.1) is 5.75 Å². The van der Waals surface area contributed by atoms with E-state index in [0.29, 0.717) is 12.5 Å². The van der Waals surface area contributed by atoms with Crippen LogP contribution in [0.2, 0.25) is 0 Å². The van der Waals surface area contributed by atoms with Gasteiger partial charge in [0, 0.05) is 46.0 Å². The highest BCUT2D eigenvalue weighted by Gasteiger charge is 2.19. The number of aliphatic imine (C=N–C) groups is 1. The summed E-state index contributed by atoms with van der Waals surface area (Å²) < 4.78 is 38.6. The third kappa shape index (κ3) is 6.19. The van der Waals surface area contributed by atoms with Crippen molar-refractivity contribution in [3.63, 3.8) is 0 Å². The van der Waals surface area contributed by atoms with Crippen molar-refractivity contribution in [1.29, 1.82) is 0 Å². The molecule has 0 atom stereocenters. The van der Waals surface area contributed by atoms with E-state index in [1.165, 1.54) is 43.1 Å². The summed E-state index contributed by atoms with van der Waals surface area (Å²) in [5.74, 6) is -0.355. The number of piperidine rings is 1. The third-order valence-corrected chi connectivity index (χ3v) is 7.22. The number of sulfone groups is 1. The van der Waals surface area contributed by atoms with Crippen molar-refractivity contribution in [2.75, 3.05) is 44.4 Å². The largest absolute Gasteiger partial charge is 0.372 e.